The van der Waals surface area contributed by atoms with Crippen LogP contribution in [0.3, 0.4) is 0 Å². The van der Waals surface area contributed by atoms with Crippen LogP contribution in [0.5, 0.6) is 0 Å². The zero-order chi connectivity index (χ0) is 22.9. The molecule has 0 radical (unpaired) electrons. The number of benzene rings is 3. The Kier molecular flexibility index (Phi) is 7.56. The minimum Gasteiger partial charge on any atom is -0.352 e. The van der Waals surface area contributed by atoms with Gasteiger partial charge in [-0.15, -0.1) is 0 Å². The van der Waals surface area contributed by atoms with Crippen molar-refractivity contribution in [3.8, 4) is 0 Å². The average Bonchev–Trinajstić information content (AvgIpc) is 2.87. The van der Waals surface area contributed by atoms with Gasteiger partial charge in [0.2, 0.25) is 0 Å². The number of hydrogen-bond donors (Lipinski definition) is 2. The van der Waals surface area contributed by atoms with Crippen LogP contribution in [0.15, 0.2) is 97.2 Å². The van der Waals surface area contributed by atoms with Gasteiger partial charge in [-0.25, -0.2) is 0 Å². The standard InChI is InChI=1S/C28H27N3O2/c32-27(22-11-5-2-6-12-22)20-31-23(19-21-9-3-1-4-10-21)15-17-30-28(33)25-16-18-29-26-14-8-7-13-24(25)26/h1-14,16,18,23,31H,15,17,19-20H2,(H,30,33). The number of rotatable bonds is 10. The van der Waals surface area contributed by atoms with E-state index in [9.17, 15) is 9.59 Å². The van der Waals surface area contributed by atoms with E-state index >= 15 is 0 Å². The molecular formula is C28H27N3O2. The normalized spacial score (nSPS) is 11.8. The molecule has 5 heteroatoms. The van der Waals surface area contributed by atoms with E-state index in [0.717, 1.165) is 17.3 Å². The van der Waals surface area contributed by atoms with Crippen LogP contribution in [0.4, 0.5) is 0 Å². The Morgan fingerprint density at radius 1 is 0.818 bits per heavy atom. The van der Waals surface area contributed by atoms with Crippen LogP contribution < -0.4 is 10.6 Å². The number of amides is 1. The molecule has 5 nitrogen and oxygen atoms in total. The molecule has 0 aliphatic rings. The third-order valence-electron chi connectivity index (χ3n) is 5.64. The van der Waals surface area contributed by atoms with Crippen molar-refractivity contribution in [1.82, 2.24) is 15.6 Å². The van der Waals surface area contributed by atoms with E-state index in [1.807, 2.05) is 72.8 Å². The summed E-state index contributed by atoms with van der Waals surface area (Å²) in [5, 5.41) is 7.27. The molecule has 4 rings (SSSR count). The minimum atomic E-state index is -0.118. The van der Waals surface area contributed by atoms with E-state index in [2.05, 4.69) is 27.8 Å². The van der Waals surface area contributed by atoms with Gasteiger partial charge in [-0.1, -0.05) is 78.9 Å². The van der Waals surface area contributed by atoms with Gasteiger partial charge >= 0.3 is 0 Å². The summed E-state index contributed by atoms with van der Waals surface area (Å²) in [6, 6.07) is 28.9. The summed E-state index contributed by atoms with van der Waals surface area (Å²) in [5.74, 6) is -0.0617. The van der Waals surface area contributed by atoms with Gasteiger partial charge in [-0.2, -0.15) is 0 Å². The lowest BCUT2D eigenvalue weighted by molar-refractivity contribution is 0.0948. The third-order valence-corrected chi connectivity index (χ3v) is 5.64. The van der Waals surface area contributed by atoms with Crippen LogP contribution in [0.2, 0.25) is 0 Å². The highest BCUT2D eigenvalue weighted by Crippen LogP contribution is 2.16. The molecule has 2 N–H and O–H groups in total. The number of nitrogens with zero attached hydrogens (tertiary/aromatic N) is 1. The monoisotopic (exact) mass is 437 g/mol. The molecule has 0 saturated heterocycles. The molecule has 0 aliphatic carbocycles. The summed E-state index contributed by atoms with van der Waals surface area (Å²) < 4.78 is 0. The number of para-hydroxylation sites is 1. The molecule has 1 unspecified atom stereocenters. The van der Waals surface area contributed by atoms with Crippen LogP contribution in [0.25, 0.3) is 10.9 Å². The maximum atomic E-state index is 12.8. The van der Waals surface area contributed by atoms with Crippen molar-refractivity contribution in [2.45, 2.75) is 18.9 Å². The largest absolute Gasteiger partial charge is 0.352 e. The van der Waals surface area contributed by atoms with Crippen molar-refractivity contribution in [3.05, 3.63) is 114 Å². The summed E-state index contributed by atoms with van der Waals surface area (Å²) in [6.07, 6.45) is 3.13. The van der Waals surface area contributed by atoms with Crippen LogP contribution in [-0.2, 0) is 6.42 Å². The Balaban J connectivity index is 1.38. The quantitative estimate of drug-likeness (QED) is 0.360. The van der Waals surface area contributed by atoms with E-state index in [1.54, 1.807) is 12.3 Å². The number of fused-ring (bicyclic) bond motifs is 1. The van der Waals surface area contributed by atoms with Crippen molar-refractivity contribution >= 4 is 22.6 Å². The first-order chi connectivity index (χ1) is 16.2. The highest BCUT2D eigenvalue weighted by Gasteiger charge is 2.14. The maximum absolute atomic E-state index is 12.8. The van der Waals surface area contributed by atoms with Gasteiger partial charge in [0.25, 0.3) is 5.91 Å². The second-order valence-corrected chi connectivity index (χ2v) is 7.98. The molecule has 166 valence electrons. The maximum Gasteiger partial charge on any atom is 0.252 e. The van der Waals surface area contributed by atoms with Crippen molar-refractivity contribution < 1.29 is 9.59 Å². The molecular weight excluding hydrogens is 410 g/mol. The molecule has 0 saturated carbocycles. The smallest absolute Gasteiger partial charge is 0.252 e. The van der Waals surface area contributed by atoms with Gasteiger partial charge in [0.15, 0.2) is 5.78 Å². The number of hydrogen-bond acceptors (Lipinski definition) is 4. The van der Waals surface area contributed by atoms with E-state index in [4.69, 9.17) is 0 Å². The predicted octanol–water partition coefficient (Wildman–Crippen LogP) is 4.44. The fourth-order valence-corrected chi connectivity index (χ4v) is 3.89. The zero-order valence-corrected chi connectivity index (χ0v) is 18.4. The van der Waals surface area contributed by atoms with Crippen molar-refractivity contribution in [2.75, 3.05) is 13.1 Å². The molecule has 4 aromatic rings. The first-order valence-electron chi connectivity index (χ1n) is 11.2. The molecule has 0 bridgehead atoms. The van der Waals surface area contributed by atoms with Gasteiger partial charge in [-0.05, 0) is 30.5 Å². The van der Waals surface area contributed by atoms with Crippen LogP contribution in [0.1, 0.15) is 32.7 Å². The minimum absolute atomic E-state index is 0.0505. The number of Topliss-reactive ketones (excluding diaryl/α,β-unsaturated/α-hetero) is 1. The highest BCUT2D eigenvalue weighted by molar-refractivity contribution is 6.05. The van der Waals surface area contributed by atoms with Gasteiger partial charge in [-0.3, -0.25) is 14.6 Å². The number of pyridine rings is 1. The number of carbonyl (C=O) groups is 2. The lowest BCUT2D eigenvalue weighted by Crippen LogP contribution is -2.38. The summed E-state index contributed by atoms with van der Waals surface area (Å²) in [4.78, 5) is 29.7. The molecule has 0 spiro atoms. The Morgan fingerprint density at radius 3 is 2.30 bits per heavy atom. The summed E-state index contributed by atoms with van der Waals surface area (Å²) in [5.41, 5.74) is 3.30. The summed E-state index contributed by atoms with van der Waals surface area (Å²) in [6.45, 7) is 0.754. The number of nitrogens with one attached hydrogen (secondary N) is 2. The lowest BCUT2D eigenvalue weighted by atomic mass is 10.0. The molecule has 3 aromatic carbocycles. The number of ketones is 1. The average molecular weight is 438 g/mol. The first-order valence-corrected chi connectivity index (χ1v) is 11.2. The van der Waals surface area contributed by atoms with Crippen molar-refractivity contribution in [2.24, 2.45) is 0 Å². The van der Waals surface area contributed by atoms with Crippen molar-refractivity contribution in [3.63, 3.8) is 0 Å². The Bertz CT molecular complexity index is 1200. The highest BCUT2D eigenvalue weighted by atomic mass is 16.1. The molecule has 1 aromatic heterocycles. The Labute approximate surface area is 193 Å². The molecule has 1 amide bonds. The van der Waals surface area contributed by atoms with Crippen LogP contribution in [-0.4, -0.2) is 35.8 Å². The van der Waals surface area contributed by atoms with Crippen LogP contribution >= 0.6 is 0 Å². The third kappa shape index (κ3) is 6.11. The van der Waals surface area contributed by atoms with E-state index < -0.39 is 0 Å². The molecule has 0 fully saturated rings. The van der Waals surface area contributed by atoms with Crippen LogP contribution in [0, 0.1) is 0 Å². The number of carbonyl (C=O) groups excluding carboxylic acids is 2. The van der Waals surface area contributed by atoms with Gasteiger partial charge in [0.1, 0.15) is 0 Å². The molecule has 1 heterocycles. The summed E-state index contributed by atoms with van der Waals surface area (Å²) >= 11 is 0. The first kappa shape index (κ1) is 22.4. The van der Waals surface area contributed by atoms with Gasteiger partial charge < -0.3 is 10.6 Å². The fourth-order valence-electron chi connectivity index (χ4n) is 3.89. The van der Waals surface area contributed by atoms with Gasteiger partial charge in [0.05, 0.1) is 17.6 Å². The fraction of sp³-hybridized carbons (Fsp3) is 0.179. The topological polar surface area (TPSA) is 71.1 Å². The Hall–Kier alpha value is -3.83. The second-order valence-electron chi connectivity index (χ2n) is 7.98. The molecule has 0 aliphatic heterocycles. The summed E-state index contributed by atoms with van der Waals surface area (Å²) in [7, 11) is 0. The van der Waals surface area contributed by atoms with Gasteiger partial charge in [0, 0.05) is 29.7 Å². The molecule has 33 heavy (non-hydrogen) atoms. The van der Waals surface area contributed by atoms with E-state index in [0.29, 0.717) is 24.1 Å². The van der Waals surface area contributed by atoms with E-state index in [1.165, 1.54) is 5.56 Å². The number of aromatic nitrogens is 1. The van der Waals surface area contributed by atoms with E-state index in [-0.39, 0.29) is 24.3 Å². The molecule has 1 atom stereocenters. The predicted molar refractivity (Wildman–Crippen MR) is 131 cm³/mol. The lowest BCUT2D eigenvalue weighted by Gasteiger charge is -2.19. The Morgan fingerprint density at radius 2 is 1.52 bits per heavy atom. The zero-order valence-electron chi connectivity index (χ0n) is 18.4. The van der Waals surface area contributed by atoms with Crippen molar-refractivity contribution in [1.29, 1.82) is 0 Å². The SMILES string of the molecule is O=C(CNC(CCNC(=O)c1ccnc2ccccc12)Cc1ccccc1)c1ccccc1. The second kappa shape index (κ2) is 11.2.